The summed E-state index contributed by atoms with van der Waals surface area (Å²) in [6.45, 7) is 11.6. The van der Waals surface area contributed by atoms with Gasteiger partial charge < -0.3 is 10.6 Å². The molecule has 3 N–H and O–H groups in total. The van der Waals surface area contributed by atoms with E-state index in [1.54, 1.807) is 6.92 Å². The van der Waals surface area contributed by atoms with Gasteiger partial charge in [0.2, 0.25) is 11.8 Å². The molecule has 5 heteroatoms. The molecule has 0 aliphatic heterocycles. The second-order valence-corrected chi connectivity index (χ2v) is 5.77. The van der Waals surface area contributed by atoms with Gasteiger partial charge in [0.1, 0.15) is 0 Å². The van der Waals surface area contributed by atoms with Gasteiger partial charge >= 0.3 is 0 Å². The fourth-order valence-corrected chi connectivity index (χ4v) is 1.36. The molecular weight excluding hydrogens is 242 g/mol. The quantitative estimate of drug-likeness (QED) is 0.583. The molecule has 0 aliphatic carbocycles. The van der Waals surface area contributed by atoms with Crippen LogP contribution in [-0.4, -0.2) is 37.5 Å². The zero-order chi connectivity index (χ0) is 14.8. The highest BCUT2D eigenvalue weighted by atomic mass is 16.2. The molecule has 0 aromatic carbocycles. The molecule has 0 bridgehead atoms. The Morgan fingerprint density at radius 1 is 0.947 bits per heavy atom. The zero-order valence-corrected chi connectivity index (χ0v) is 12.9. The van der Waals surface area contributed by atoms with E-state index in [0.717, 1.165) is 6.42 Å². The molecule has 1 atom stereocenters. The summed E-state index contributed by atoms with van der Waals surface area (Å²) >= 11 is 0. The first-order chi connectivity index (χ1) is 8.82. The number of hydrogen-bond acceptors (Lipinski definition) is 3. The van der Waals surface area contributed by atoms with Crippen LogP contribution >= 0.6 is 0 Å². The Kier molecular flexibility index (Phi) is 9.21. The van der Waals surface area contributed by atoms with Crippen LogP contribution in [0.15, 0.2) is 0 Å². The van der Waals surface area contributed by atoms with E-state index in [-0.39, 0.29) is 24.4 Å². The second-order valence-electron chi connectivity index (χ2n) is 5.77. The largest absolute Gasteiger partial charge is 0.355 e. The molecule has 5 nitrogen and oxygen atoms in total. The van der Waals surface area contributed by atoms with Crippen LogP contribution < -0.4 is 16.0 Å². The molecule has 112 valence electrons. The van der Waals surface area contributed by atoms with Crippen LogP contribution in [0.25, 0.3) is 0 Å². The minimum absolute atomic E-state index is 0.0580. The topological polar surface area (TPSA) is 70.2 Å². The summed E-state index contributed by atoms with van der Waals surface area (Å²) in [6.07, 6.45) is 0.966. The van der Waals surface area contributed by atoms with Crippen molar-refractivity contribution in [3.05, 3.63) is 0 Å². The van der Waals surface area contributed by atoms with Crippen molar-refractivity contribution in [1.82, 2.24) is 16.0 Å². The fourth-order valence-electron chi connectivity index (χ4n) is 1.36. The second kappa shape index (κ2) is 9.78. The fraction of sp³-hybridized carbons (Fsp3) is 0.857. The van der Waals surface area contributed by atoms with Crippen LogP contribution in [0.1, 0.15) is 41.0 Å². The van der Waals surface area contributed by atoms with Gasteiger partial charge in [0.15, 0.2) is 0 Å². The number of carbonyl (C=O) groups excluding carboxylic acids is 2. The Labute approximate surface area is 116 Å². The molecule has 0 spiro atoms. The van der Waals surface area contributed by atoms with Gasteiger partial charge in [-0.2, -0.15) is 0 Å². The number of rotatable bonds is 9. The summed E-state index contributed by atoms with van der Waals surface area (Å²) in [5.74, 6) is 0.874. The monoisotopic (exact) mass is 271 g/mol. The lowest BCUT2D eigenvalue weighted by atomic mass is 10.1. The minimum atomic E-state index is -0.350. The summed E-state index contributed by atoms with van der Waals surface area (Å²) < 4.78 is 0. The Balaban J connectivity index is 3.74. The summed E-state index contributed by atoms with van der Waals surface area (Å²) in [5.41, 5.74) is 0. The van der Waals surface area contributed by atoms with Crippen molar-refractivity contribution in [3.8, 4) is 0 Å². The van der Waals surface area contributed by atoms with Crippen molar-refractivity contribution in [2.45, 2.75) is 47.1 Å². The molecule has 0 heterocycles. The number of nitrogens with one attached hydrogen (secondary N) is 3. The summed E-state index contributed by atoms with van der Waals surface area (Å²) in [7, 11) is 0. The van der Waals surface area contributed by atoms with E-state index in [1.807, 2.05) is 13.8 Å². The third-order valence-electron chi connectivity index (χ3n) is 2.69. The van der Waals surface area contributed by atoms with E-state index in [1.165, 1.54) is 0 Å². The summed E-state index contributed by atoms with van der Waals surface area (Å²) in [5, 5.41) is 8.58. The van der Waals surface area contributed by atoms with E-state index in [0.29, 0.717) is 24.9 Å². The number of hydrogen-bond donors (Lipinski definition) is 3. The van der Waals surface area contributed by atoms with Crippen LogP contribution in [0, 0.1) is 11.8 Å². The summed E-state index contributed by atoms with van der Waals surface area (Å²) in [6, 6.07) is -0.350. The van der Waals surface area contributed by atoms with Crippen LogP contribution in [0.2, 0.25) is 0 Å². The molecule has 19 heavy (non-hydrogen) atoms. The Morgan fingerprint density at radius 3 is 2.11 bits per heavy atom. The molecular formula is C14H29N3O2. The first-order valence-electron chi connectivity index (χ1n) is 7.10. The third-order valence-corrected chi connectivity index (χ3v) is 2.69. The lowest BCUT2D eigenvalue weighted by molar-refractivity contribution is -0.123. The third kappa shape index (κ3) is 10.5. The van der Waals surface area contributed by atoms with Crippen molar-refractivity contribution in [3.63, 3.8) is 0 Å². The molecule has 0 fully saturated rings. The zero-order valence-electron chi connectivity index (χ0n) is 12.9. The van der Waals surface area contributed by atoms with E-state index < -0.39 is 0 Å². The normalized spacial score (nSPS) is 12.6. The van der Waals surface area contributed by atoms with Crippen LogP contribution in [0.4, 0.5) is 0 Å². The lowest BCUT2D eigenvalue weighted by Crippen LogP contribution is -2.46. The van der Waals surface area contributed by atoms with Crippen molar-refractivity contribution >= 4 is 11.8 Å². The molecule has 0 rings (SSSR count). The van der Waals surface area contributed by atoms with Gasteiger partial charge in [-0.3, -0.25) is 14.9 Å². The molecule has 0 aliphatic rings. The maximum absolute atomic E-state index is 11.7. The van der Waals surface area contributed by atoms with Gasteiger partial charge in [-0.15, -0.1) is 0 Å². The van der Waals surface area contributed by atoms with Crippen molar-refractivity contribution < 1.29 is 9.59 Å². The van der Waals surface area contributed by atoms with E-state index in [9.17, 15) is 9.59 Å². The highest BCUT2D eigenvalue weighted by Crippen LogP contribution is 1.96. The van der Waals surface area contributed by atoms with Gasteiger partial charge in [0.05, 0.1) is 12.6 Å². The lowest BCUT2D eigenvalue weighted by Gasteiger charge is -2.15. The predicted octanol–water partition coefficient (Wildman–Crippen LogP) is 0.899. The smallest absolute Gasteiger partial charge is 0.236 e. The minimum Gasteiger partial charge on any atom is -0.355 e. The average Bonchev–Trinajstić information content (AvgIpc) is 2.32. The molecule has 1 unspecified atom stereocenters. The van der Waals surface area contributed by atoms with Crippen molar-refractivity contribution in [1.29, 1.82) is 0 Å². The Morgan fingerprint density at radius 2 is 1.58 bits per heavy atom. The molecule has 0 radical (unpaired) electrons. The molecule has 0 saturated heterocycles. The maximum atomic E-state index is 11.7. The molecule has 2 amide bonds. The average molecular weight is 271 g/mol. The number of carbonyl (C=O) groups is 2. The van der Waals surface area contributed by atoms with Crippen LogP contribution in [0.5, 0.6) is 0 Å². The van der Waals surface area contributed by atoms with E-state index >= 15 is 0 Å². The van der Waals surface area contributed by atoms with Crippen LogP contribution in [-0.2, 0) is 9.59 Å². The highest BCUT2D eigenvalue weighted by molar-refractivity contribution is 5.83. The van der Waals surface area contributed by atoms with Crippen molar-refractivity contribution in [2.75, 3.05) is 19.6 Å². The predicted molar refractivity (Wildman–Crippen MR) is 77.8 cm³/mol. The van der Waals surface area contributed by atoms with Gasteiger partial charge in [0, 0.05) is 13.1 Å². The van der Waals surface area contributed by atoms with E-state index in [2.05, 4.69) is 29.8 Å². The Hall–Kier alpha value is -1.10. The highest BCUT2D eigenvalue weighted by Gasteiger charge is 2.13. The molecule has 0 saturated carbocycles. The van der Waals surface area contributed by atoms with Crippen molar-refractivity contribution in [2.24, 2.45) is 11.8 Å². The standard InChI is InChI=1S/C14H29N3O2/c1-10(2)6-7-15-14(19)12(5)16-9-13(18)17-8-11(3)4/h10-12,16H,6-9H2,1-5H3,(H,15,19)(H,17,18). The Bertz CT molecular complexity index is 278. The van der Waals surface area contributed by atoms with Gasteiger partial charge in [-0.05, 0) is 25.2 Å². The van der Waals surface area contributed by atoms with Gasteiger partial charge in [0.25, 0.3) is 0 Å². The first-order valence-corrected chi connectivity index (χ1v) is 7.10. The van der Waals surface area contributed by atoms with Gasteiger partial charge in [-0.25, -0.2) is 0 Å². The molecule has 0 aromatic heterocycles. The van der Waals surface area contributed by atoms with Gasteiger partial charge in [-0.1, -0.05) is 27.7 Å². The number of amides is 2. The molecule has 0 aromatic rings. The maximum Gasteiger partial charge on any atom is 0.236 e. The van der Waals surface area contributed by atoms with Crippen LogP contribution in [0.3, 0.4) is 0 Å². The van der Waals surface area contributed by atoms with E-state index in [4.69, 9.17) is 0 Å². The summed E-state index contributed by atoms with van der Waals surface area (Å²) in [4.78, 5) is 23.2. The first kappa shape index (κ1) is 17.9. The SMILES string of the molecule is CC(C)CCNC(=O)C(C)NCC(=O)NCC(C)C.